The van der Waals surface area contributed by atoms with Crippen molar-refractivity contribution in [2.45, 2.75) is 13.5 Å². The Labute approximate surface area is 189 Å². The summed E-state index contributed by atoms with van der Waals surface area (Å²) in [5.74, 6) is 1.05. The summed E-state index contributed by atoms with van der Waals surface area (Å²) in [6.07, 6.45) is 1.55. The number of rotatable bonds is 8. The quantitative estimate of drug-likeness (QED) is 0.362. The fourth-order valence-corrected chi connectivity index (χ4v) is 3.24. The number of ether oxygens (including phenoxy) is 2. The Morgan fingerprint density at radius 1 is 1.13 bits per heavy atom. The maximum Gasteiger partial charge on any atom is 0.271 e. The Hall–Kier alpha value is -3.63. The molecule has 0 saturated carbocycles. The molecule has 3 aromatic carbocycles. The molecular weight excluding hydrogens is 458 g/mol. The molecule has 0 aromatic heterocycles. The van der Waals surface area contributed by atoms with E-state index in [1.165, 1.54) is 0 Å². The van der Waals surface area contributed by atoms with Crippen LogP contribution in [0.25, 0.3) is 0 Å². The molecular formula is C24H20BrN3O3. The highest BCUT2D eigenvalue weighted by Crippen LogP contribution is 2.26. The maximum atomic E-state index is 12.2. The van der Waals surface area contributed by atoms with Crippen LogP contribution in [0.1, 0.15) is 34.0 Å². The average molecular weight is 478 g/mol. The van der Waals surface area contributed by atoms with Gasteiger partial charge in [0.25, 0.3) is 5.91 Å². The van der Waals surface area contributed by atoms with Crippen LogP contribution in [0.15, 0.2) is 76.3 Å². The number of hydrogen-bond acceptors (Lipinski definition) is 5. The van der Waals surface area contributed by atoms with Gasteiger partial charge in [-0.15, -0.1) is 0 Å². The molecule has 1 N–H and O–H groups in total. The van der Waals surface area contributed by atoms with Gasteiger partial charge in [-0.3, -0.25) is 4.79 Å². The number of nitriles is 1. The number of hydrazone groups is 1. The molecule has 3 rings (SSSR count). The molecule has 0 aliphatic rings. The molecule has 0 spiro atoms. The van der Waals surface area contributed by atoms with Gasteiger partial charge in [0.1, 0.15) is 18.1 Å². The van der Waals surface area contributed by atoms with Gasteiger partial charge in [0.05, 0.1) is 28.9 Å². The molecule has 0 atom stereocenters. The highest BCUT2D eigenvalue weighted by atomic mass is 79.9. The van der Waals surface area contributed by atoms with Crippen molar-refractivity contribution in [1.29, 1.82) is 5.26 Å². The summed E-state index contributed by atoms with van der Waals surface area (Å²) >= 11 is 3.48. The first kappa shape index (κ1) is 22.1. The average Bonchev–Trinajstić information content (AvgIpc) is 2.79. The summed E-state index contributed by atoms with van der Waals surface area (Å²) in [5.41, 5.74) is 5.18. The van der Waals surface area contributed by atoms with Crippen molar-refractivity contribution < 1.29 is 14.3 Å². The fraction of sp³-hybridized carbons (Fsp3) is 0.125. The fourth-order valence-electron chi connectivity index (χ4n) is 2.72. The van der Waals surface area contributed by atoms with Crippen LogP contribution in [0.2, 0.25) is 0 Å². The number of carbonyl (C=O) groups excluding carboxylic acids is 1. The zero-order valence-corrected chi connectivity index (χ0v) is 18.4. The van der Waals surface area contributed by atoms with E-state index >= 15 is 0 Å². The van der Waals surface area contributed by atoms with Gasteiger partial charge < -0.3 is 9.47 Å². The number of hydrogen-bond donors (Lipinski definition) is 1. The minimum absolute atomic E-state index is 0.286. The summed E-state index contributed by atoms with van der Waals surface area (Å²) in [4.78, 5) is 12.2. The second-order valence-corrected chi connectivity index (χ2v) is 7.26. The lowest BCUT2D eigenvalue weighted by molar-refractivity contribution is 0.0955. The summed E-state index contributed by atoms with van der Waals surface area (Å²) < 4.78 is 11.9. The lowest BCUT2D eigenvalue weighted by Gasteiger charge is -2.10. The normalized spacial score (nSPS) is 10.5. The number of halogens is 1. The molecule has 0 fully saturated rings. The van der Waals surface area contributed by atoms with Gasteiger partial charge in [0.15, 0.2) is 0 Å². The van der Waals surface area contributed by atoms with Crippen molar-refractivity contribution in [1.82, 2.24) is 5.43 Å². The van der Waals surface area contributed by atoms with Crippen molar-refractivity contribution in [3.8, 4) is 17.6 Å². The lowest BCUT2D eigenvalue weighted by atomic mass is 10.1. The molecule has 3 aromatic rings. The molecule has 1 amide bonds. The minimum atomic E-state index is -0.311. The van der Waals surface area contributed by atoms with E-state index in [0.717, 1.165) is 15.6 Å². The van der Waals surface area contributed by atoms with Crippen molar-refractivity contribution in [3.05, 3.63) is 93.5 Å². The van der Waals surface area contributed by atoms with Gasteiger partial charge in [0.2, 0.25) is 0 Å². The molecule has 0 unspecified atom stereocenters. The van der Waals surface area contributed by atoms with Crippen LogP contribution in [0.5, 0.6) is 11.5 Å². The zero-order valence-electron chi connectivity index (χ0n) is 16.8. The topological polar surface area (TPSA) is 83.7 Å². The van der Waals surface area contributed by atoms with Gasteiger partial charge in [-0.2, -0.15) is 10.4 Å². The predicted octanol–water partition coefficient (Wildman–Crippen LogP) is 5.06. The third-order valence-electron chi connectivity index (χ3n) is 4.28. The van der Waals surface area contributed by atoms with Crippen LogP contribution in [0.4, 0.5) is 0 Å². The van der Waals surface area contributed by atoms with Crippen LogP contribution >= 0.6 is 15.9 Å². The molecule has 31 heavy (non-hydrogen) atoms. The van der Waals surface area contributed by atoms with Gasteiger partial charge in [0, 0.05) is 11.1 Å². The van der Waals surface area contributed by atoms with Crippen molar-refractivity contribution >= 4 is 28.1 Å². The SMILES string of the molecule is CCOc1ccc(C(=O)N/N=C/c2ccc(OCc3ccccc3C#N)c(Br)c2)cc1. The number of carbonyl (C=O) groups is 1. The number of nitrogens with one attached hydrogen (secondary N) is 1. The highest BCUT2D eigenvalue weighted by Gasteiger charge is 2.07. The van der Waals surface area contributed by atoms with E-state index < -0.39 is 0 Å². The first-order valence-corrected chi connectivity index (χ1v) is 10.4. The second-order valence-electron chi connectivity index (χ2n) is 6.40. The first-order chi connectivity index (χ1) is 15.1. The lowest BCUT2D eigenvalue weighted by Crippen LogP contribution is -2.17. The van der Waals surface area contributed by atoms with Crippen molar-refractivity contribution in [2.75, 3.05) is 6.61 Å². The first-order valence-electron chi connectivity index (χ1n) is 9.57. The smallest absolute Gasteiger partial charge is 0.271 e. The van der Waals surface area contributed by atoms with E-state index in [9.17, 15) is 4.79 Å². The molecule has 7 heteroatoms. The van der Waals surface area contributed by atoms with E-state index in [0.29, 0.717) is 29.2 Å². The van der Waals surface area contributed by atoms with Crippen LogP contribution in [0.3, 0.4) is 0 Å². The second kappa shape index (κ2) is 11.0. The van der Waals surface area contributed by atoms with E-state index in [1.54, 1.807) is 42.6 Å². The molecule has 0 aliphatic carbocycles. The molecule has 6 nitrogen and oxygen atoms in total. The molecule has 0 heterocycles. The highest BCUT2D eigenvalue weighted by molar-refractivity contribution is 9.10. The van der Waals surface area contributed by atoms with Crippen LogP contribution in [-0.2, 0) is 6.61 Å². The van der Waals surface area contributed by atoms with Crippen LogP contribution in [0, 0.1) is 11.3 Å². The Morgan fingerprint density at radius 3 is 2.61 bits per heavy atom. The van der Waals surface area contributed by atoms with Gasteiger partial charge in [-0.05, 0) is 76.9 Å². The summed E-state index contributed by atoms with van der Waals surface area (Å²) in [6, 6.07) is 21.8. The summed E-state index contributed by atoms with van der Waals surface area (Å²) in [5, 5.41) is 13.2. The van der Waals surface area contributed by atoms with E-state index in [1.807, 2.05) is 37.3 Å². The molecule has 156 valence electrons. The van der Waals surface area contributed by atoms with Crippen LogP contribution < -0.4 is 14.9 Å². The summed E-state index contributed by atoms with van der Waals surface area (Å²) in [6.45, 7) is 2.76. The standard InChI is InChI=1S/C24H20BrN3O3/c1-2-30-21-10-8-18(9-11-21)24(29)28-27-15-17-7-12-23(22(25)13-17)31-16-20-6-4-3-5-19(20)14-26/h3-13,15H,2,16H2,1H3,(H,28,29)/b27-15+. The number of nitrogens with zero attached hydrogens (tertiary/aromatic N) is 2. The number of benzene rings is 3. The van der Waals surface area contributed by atoms with Gasteiger partial charge >= 0.3 is 0 Å². The number of amides is 1. The monoisotopic (exact) mass is 477 g/mol. The predicted molar refractivity (Wildman–Crippen MR) is 122 cm³/mol. The molecule has 0 radical (unpaired) electrons. The Bertz CT molecular complexity index is 1120. The molecule has 0 saturated heterocycles. The third kappa shape index (κ3) is 6.17. The van der Waals surface area contributed by atoms with Gasteiger partial charge in [-0.1, -0.05) is 18.2 Å². The zero-order chi connectivity index (χ0) is 22.1. The molecule has 0 aliphatic heterocycles. The largest absolute Gasteiger partial charge is 0.494 e. The minimum Gasteiger partial charge on any atom is -0.494 e. The van der Waals surface area contributed by atoms with E-state index in [2.05, 4.69) is 32.5 Å². The molecule has 0 bridgehead atoms. The van der Waals surface area contributed by atoms with E-state index in [4.69, 9.17) is 14.7 Å². The van der Waals surface area contributed by atoms with Crippen LogP contribution in [-0.4, -0.2) is 18.7 Å². The van der Waals surface area contributed by atoms with E-state index in [-0.39, 0.29) is 12.5 Å². The van der Waals surface area contributed by atoms with Crippen molar-refractivity contribution in [3.63, 3.8) is 0 Å². The Balaban J connectivity index is 1.57. The maximum absolute atomic E-state index is 12.2. The Morgan fingerprint density at radius 2 is 1.90 bits per heavy atom. The Kier molecular flexibility index (Phi) is 7.79. The van der Waals surface area contributed by atoms with Crippen molar-refractivity contribution in [2.24, 2.45) is 5.10 Å². The summed E-state index contributed by atoms with van der Waals surface area (Å²) in [7, 11) is 0. The third-order valence-corrected chi connectivity index (χ3v) is 4.90. The van der Waals surface area contributed by atoms with Gasteiger partial charge in [-0.25, -0.2) is 5.43 Å².